The zero-order valence-corrected chi connectivity index (χ0v) is 11.6. The summed E-state index contributed by atoms with van der Waals surface area (Å²) in [6, 6.07) is 7.62. The van der Waals surface area contributed by atoms with Crippen LogP contribution in [0, 0.1) is 0 Å². The number of hydrogen-bond donors (Lipinski definition) is 2. The normalized spacial score (nSPS) is 14.1. The molecule has 0 aliphatic heterocycles. The number of hydrogen-bond acceptors (Lipinski definition) is 4. The molecule has 1 aromatic heterocycles. The summed E-state index contributed by atoms with van der Waals surface area (Å²) in [6.07, 6.45) is 2.25. The van der Waals surface area contributed by atoms with Crippen LogP contribution >= 0.6 is 0 Å². The first-order valence-corrected chi connectivity index (χ1v) is 6.64. The first kappa shape index (κ1) is 12.7. The third-order valence-corrected chi connectivity index (χ3v) is 3.31. The Morgan fingerprint density at radius 2 is 2.00 bits per heavy atom. The second kappa shape index (κ2) is 4.96. The summed E-state index contributed by atoms with van der Waals surface area (Å²) in [4.78, 5) is 18.3. The lowest BCUT2D eigenvalue weighted by molar-refractivity contribution is 0.101. The Morgan fingerprint density at radius 1 is 1.30 bits per heavy atom. The zero-order chi connectivity index (χ0) is 14.1. The van der Waals surface area contributed by atoms with E-state index in [0.717, 1.165) is 30.0 Å². The third-order valence-electron chi connectivity index (χ3n) is 3.31. The van der Waals surface area contributed by atoms with Crippen molar-refractivity contribution >= 4 is 17.3 Å². The minimum Gasteiger partial charge on any atom is -0.378 e. The highest BCUT2D eigenvalue weighted by Gasteiger charge is 2.28. The molecular weight excluding hydrogens is 254 g/mol. The molecule has 1 aliphatic carbocycles. The fourth-order valence-corrected chi connectivity index (χ4v) is 1.95. The summed E-state index contributed by atoms with van der Waals surface area (Å²) in [7, 11) is 3.95. The molecule has 0 radical (unpaired) electrons. The number of aromatic amines is 1. The van der Waals surface area contributed by atoms with Gasteiger partial charge in [0.1, 0.15) is 5.82 Å². The summed E-state index contributed by atoms with van der Waals surface area (Å²) < 4.78 is 0. The molecule has 1 saturated carbocycles. The van der Waals surface area contributed by atoms with Crippen LogP contribution in [0.15, 0.2) is 24.3 Å². The Bertz CT molecular complexity index is 613. The topological polar surface area (TPSA) is 73.9 Å². The SMILES string of the molecule is CN(C)c1ccc(NC(=O)c2n[nH]c(C3CC3)n2)cc1. The van der Waals surface area contributed by atoms with Crippen LogP contribution in [-0.4, -0.2) is 35.2 Å². The van der Waals surface area contributed by atoms with Crippen LogP contribution in [0.25, 0.3) is 0 Å². The summed E-state index contributed by atoms with van der Waals surface area (Å²) in [6.45, 7) is 0. The molecule has 1 amide bonds. The van der Waals surface area contributed by atoms with E-state index in [1.165, 1.54) is 0 Å². The molecule has 2 N–H and O–H groups in total. The number of H-pyrrole nitrogens is 1. The number of nitrogens with one attached hydrogen (secondary N) is 2. The monoisotopic (exact) mass is 271 g/mol. The van der Waals surface area contributed by atoms with Gasteiger partial charge in [-0.2, -0.15) is 0 Å². The lowest BCUT2D eigenvalue weighted by atomic mass is 10.2. The predicted molar refractivity (Wildman–Crippen MR) is 77.1 cm³/mol. The summed E-state index contributed by atoms with van der Waals surface area (Å²) in [5.74, 6) is 1.19. The first-order valence-electron chi connectivity index (χ1n) is 6.64. The van der Waals surface area contributed by atoms with Crippen LogP contribution in [0.4, 0.5) is 11.4 Å². The first-order chi connectivity index (χ1) is 9.63. The van der Waals surface area contributed by atoms with Gasteiger partial charge in [-0.05, 0) is 37.1 Å². The Morgan fingerprint density at radius 3 is 2.60 bits per heavy atom. The standard InChI is InChI=1S/C14H17N5O/c1-19(2)11-7-5-10(6-8-11)15-14(20)13-16-12(17-18-13)9-3-4-9/h5-9H,3-4H2,1-2H3,(H,15,20)(H,16,17,18). The average Bonchev–Trinajstić information content (AvgIpc) is 3.17. The van der Waals surface area contributed by atoms with Crippen LogP contribution in [0.2, 0.25) is 0 Å². The van der Waals surface area contributed by atoms with E-state index < -0.39 is 0 Å². The van der Waals surface area contributed by atoms with E-state index in [-0.39, 0.29) is 11.7 Å². The largest absolute Gasteiger partial charge is 0.378 e. The molecule has 6 nitrogen and oxygen atoms in total. The number of aromatic nitrogens is 3. The maximum Gasteiger partial charge on any atom is 0.295 e. The quantitative estimate of drug-likeness (QED) is 0.892. The van der Waals surface area contributed by atoms with Crippen molar-refractivity contribution in [2.75, 3.05) is 24.3 Å². The number of rotatable bonds is 4. The number of anilines is 2. The molecule has 20 heavy (non-hydrogen) atoms. The van der Waals surface area contributed by atoms with Gasteiger partial charge in [0.15, 0.2) is 0 Å². The fourth-order valence-electron chi connectivity index (χ4n) is 1.95. The van der Waals surface area contributed by atoms with Crippen LogP contribution in [0.1, 0.15) is 35.2 Å². The highest BCUT2D eigenvalue weighted by atomic mass is 16.2. The lowest BCUT2D eigenvalue weighted by Crippen LogP contribution is -2.14. The maximum absolute atomic E-state index is 12.0. The van der Waals surface area contributed by atoms with Crippen LogP contribution in [-0.2, 0) is 0 Å². The summed E-state index contributed by atoms with van der Waals surface area (Å²) in [5.41, 5.74) is 1.82. The predicted octanol–water partition coefficient (Wildman–Crippen LogP) is 2.00. The molecule has 0 bridgehead atoms. The van der Waals surface area contributed by atoms with Crippen LogP contribution < -0.4 is 10.2 Å². The molecule has 0 spiro atoms. The van der Waals surface area contributed by atoms with Crippen molar-refractivity contribution in [3.63, 3.8) is 0 Å². The Hall–Kier alpha value is -2.37. The van der Waals surface area contributed by atoms with Gasteiger partial charge in [-0.25, -0.2) is 4.98 Å². The Balaban J connectivity index is 1.68. The molecule has 1 aliphatic rings. The van der Waals surface area contributed by atoms with E-state index in [1.807, 2.05) is 43.3 Å². The van der Waals surface area contributed by atoms with E-state index >= 15 is 0 Å². The van der Waals surface area contributed by atoms with E-state index in [1.54, 1.807) is 0 Å². The van der Waals surface area contributed by atoms with E-state index in [2.05, 4.69) is 20.5 Å². The highest BCUT2D eigenvalue weighted by Crippen LogP contribution is 2.37. The smallest absolute Gasteiger partial charge is 0.295 e. The zero-order valence-electron chi connectivity index (χ0n) is 11.6. The highest BCUT2D eigenvalue weighted by molar-refractivity contribution is 6.01. The second-order valence-corrected chi connectivity index (χ2v) is 5.21. The summed E-state index contributed by atoms with van der Waals surface area (Å²) >= 11 is 0. The Kier molecular flexibility index (Phi) is 3.14. The molecule has 104 valence electrons. The molecule has 1 fully saturated rings. The van der Waals surface area contributed by atoms with Gasteiger partial charge in [-0.15, -0.1) is 5.10 Å². The molecule has 3 rings (SSSR count). The molecule has 0 saturated heterocycles. The van der Waals surface area contributed by atoms with Crippen molar-refractivity contribution in [3.05, 3.63) is 35.9 Å². The van der Waals surface area contributed by atoms with Crippen molar-refractivity contribution in [1.29, 1.82) is 0 Å². The van der Waals surface area contributed by atoms with E-state index in [9.17, 15) is 4.79 Å². The molecule has 2 aromatic rings. The van der Waals surface area contributed by atoms with Gasteiger partial charge in [0, 0.05) is 31.4 Å². The Labute approximate surface area is 117 Å². The van der Waals surface area contributed by atoms with Gasteiger partial charge in [-0.1, -0.05) is 0 Å². The number of carbonyl (C=O) groups is 1. The van der Waals surface area contributed by atoms with Crippen molar-refractivity contribution < 1.29 is 4.79 Å². The third kappa shape index (κ3) is 2.64. The van der Waals surface area contributed by atoms with Gasteiger partial charge < -0.3 is 10.2 Å². The van der Waals surface area contributed by atoms with Gasteiger partial charge in [0.05, 0.1) is 0 Å². The van der Waals surface area contributed by atoms with Crippen molar-refractivity contribution in [3.8, 4) is 0 Å². The molecular formula is C14H17N5O. The second-order valence-electron chi connectivity index (χ2n) is 5.21. The van der Waals surface area contributed by atoms with Crippen molar-refractivity contribution in [2.45, 2.75) is 18.8 Å². The molecule has 0 atom stereocenters. The minimum absolute atomic E-state index is 0.198. The minimum atomic E-state index is -0.286. The van der Waals surface area contributed by atoms with E-state index in [0.29, 0.717) is 5.92 Å². The fraction of sp³-hybridized carbons (Fsp3) is 0.357. The van der Waals surface area contributed by atoms with Gasteiger partial charge in [0.25, 0.3) is 5.91 Å². The number of carbonyl (C=O) groups excluding carboxylic acids is 1. The summed E-state index contributed by atoms with van der Waals surface area (Å²) in [5, 5.41) is 9.59. The number of nitrogens with zero attached hydrogens (tertiary/aromatic N) is 3. The van der Waals surface area contributed by atoms with E-state index in [4.69, 9.17) is 0 Å². The number of amides is 1. The molecule has 6 heteroatoms. The maximum atomic E-state index is 12.0. The average molecular weight is 271 g/mol. The van der Waals surface area contributed by atoms with Gasteiger partial charge in [-0.3, -0.25) is 9.89 Å². The molecule has 0 unspecified atom stereocenters. The van der Waals surface area contributed by atoms with Crippen molar-refractivity contribution in [1.82, 2.24) is 15.2 Å². The van der Waals surface area contributed by atoms with Gasteiger partial charge in [0.2, 0.25) is 5.82 Å². The van der Waals surface area contributed by atoms with Crippen LogP contribution in [0.3, 0.4) is 0 Å². The lowest BCUT2D eigenvalue weighted by Gasteiger charge is -2.12. The van der Waals surface area contributed by atoms with Gasteiger partial charge >= 0.3 is 0 Å². The van der Waals surface area contributed by atoms with Crippen molar-refractivity contribution in [2.24, 2.45) is 0 Å². The van der Waals surface area contributed by atoms with Crippen LogP contribution in [0.5, 0.6) is 0 Å². The number of benzene rings is 1. The molecule has 1 aromatic carbocycles. The molecule has 1 heterocycles.